The fourth-order valence-corrected chi connectivity index (χ4v) is 22.7. The molecule has 12 N–H and O–H groups in total. The Balaban J connectivity index is 0.000000271. The SMILES string of the molecule is C=CCNC(=O)C(=O)C(CCC)NC(=O)[C@@H]1[C@@H]2[C@H](CN1C(=O)[C@@H](NC(=O)N[C@H](C(=O)OCc1ccccc1)C1CCCCC1)C(C)(C)C)C2(C)C.C=CCNC(=O)C(=O)C(CCCC)NC(=O)[C@@H]1[C@@H]2[C@H](CN1C(=O)[C@@H](NC(=O)N[C@H](C(=O)OC(C)(C)C)C(C)(C)C)C1CCCCC1)C2(C)C.C=CCNC(=O)C(=O)C(CCCC)NC(=O)[C@@H]1[C@@H]2[C@H](CN1C(=O)[C@@H](NC(=O)N[C@H](C(=O)OC(C)(C)C)C(C)C)C1CCCCC1)C2(C)C. The number of carbonyl (C=O) groups is 18. The van der Waals surface area contributed by atoms with Crippen molar-refractivity contribution in [1.29, 1.82) is 0 Å². The first-order valence-corrected chi connectivity index (χ1v) is 54.3. The van der Waals surface area contributed by atoms with Gasteiger partial charge in [0.25, 0.3) is 17.7 Å². The van der Waals surface area contributed by atoms with Crippen LogP contribution in [0, 0.1) is 86.3 Å². The third-order valence-corrected chi connectivity index (χ3v) is 31.4. The molecule has 15 amide bonds. The number of Topliss-reactive ketones (excluding diaryl/α,β-unsaturated/α-hetero) is 3. The number of benzene rings is 1. The van der Waals surface area contributed by atoms with Gasteiger partial charge in [0.2, 0.25) is 52.8 Å². The number of amides is 15. The highest BCUT2D eigenvalue weighted by Gasteiger charge is 2.73. The summed E-state index contributed by atoms with van der Waals surface area (Å²) in [5.74, 6) is -9.70. The molecule has 36 nitrogen and oxygen atoms in total. The topological polar surface area (TPSA) is 489 Å². The fourth-order valence-electron chi connectivity index (χ4n) is 22.7. The summed E-state index contributed by atoms with van der Waals surface area (Å²) in [4.78, 5) is 248. The standard InChI is InChI=1S/C39H57N5O7.C37H61N5O7.C36H59N5O7/c1-8-16-27(31(45)34(47)40-21-9-2)41-33(46)30-28-26(39(28,6)7)22-44(30)35(48)32(38(3,4)5)43-37(50)42-29(25-19-14-11-15-20-25)36(49)51-23-24-17-12-10-13-18-24;1-11-13-19-24(28(43)31(45)38-20-12-2)39-30(44)27-25-23(37(25,9)10)21-42(27)32(46)26(22-17-15-14-16-18-22)40-34(48)41-29(35(3,4)5)33(47)49-36(6,7)8;1-10-12-18-24(29(42)31(44)37-19-11-2)38-30(43)28-25-23(36(25,8)9)20-41(28)32(45)27(22-16-14-13-15-17-22)40-34(47)39-26(21(3)4)33(46)48-35(5,6)7/h9-10,12-13,17-18,25-30,32H,2,8,11,14-16,19-23H2,1,3-7H3,(H,40,47)(H,41,46)(H2,42,43,50);12,22-27,29H,2,11,13-21H2,1,3-10H3,(H,38,45)(H,39,44)(H2,40,41,48);11,21-28H,2,10,12-20H2,1,3-9H3,(H,37,44)(H,38,43)(H2,39,40,47)/t26-,27?,28-,29-,30-,32+;23-,24?,25-,26-,27-,29+;23-,24?,25-,26-,27-,28-/m000/s1. The second-order valence-electron chi connectivity index (χ2n) is 48.5. The Morgan fingerprint density at radius 2 is 0.703 bits per heavy atom. The molecule has 3 unspecified atom stereocenters. The summed E-state index contributed by atoms with van der Waals surface area (Å²) in [5, 5.41) is 33.0. The molecule has 3 aliphatic heterocycles. The minimum absolute atomic E-state index is 0.0536. The van der Waals surface area contributed by atoms with E-state index >= 15 is 0 Å². The van der Waals surface area contributed by atoms with Crippen LogP contribution in [-0.4, -0.2) is 244 Å². The van der Waals surface area contributed by atoms with Crippen molar-refractivity contribution in [3.05, 3.63) is 73.9 Å². The predicted molar refractivity (Wildman–Crippen MR) is 562 cm³/mol. The summed E-state index contributed by atoms with van der Waals surface area (Å²) in [6.07, 6.45) is 21.8. The molecule has 0 bridgehead atoms. The maximum absolute atomic E-state index is 14.6. The van der Waals surface area contributed by atoms with Crippen molar-refractivity contribution in [2.75, 3.05) is 39.3 Å². The van der Waals surface area contributed by atoms with Gasteiger partial charge in [-0.15, -0.1) is 19.7 Å². The molecule has 0 spiro atoms. The van der Waals surface area contributed by atoms with Gasteiger partial charge in [-0.3, -0.25) is 57.5 Å². The maximum Gasteiger partial charge on any atom is 0.329 e. The van der Waals surface area contributed by atoms with Crippen LogP contribution in [0.2, 0.25) is 0 Å². The highest BCUT2D eigenvalue weighted by Crippen LogP contribution is 2.67. The molecule has 36 heteroatoms. The molecule has 148 heavy (non-hydrogen) atoms. The lowest BCUT2D eigenvalue weighted by Crippen LogP contribution is -2.62. The minimum Gasteiger partial charge on any atom is -0.459 e. The van der Waals surface area contributed by atoms with Gasteiger partial charge in [-0.25, -0.2) is 28.8 Å². The van der Waals surface area contributed by atoms with E-state index in [1.807, 2.05) is 106 Å². The first-order chi connectivity index (χ1) is 69.3. The van der Waals surface area contributed by atoms with Gasteiger partial charge in [0, 0.05) is 39.3 Å². The lowest BCUT2D eigenvalue weighted by atomic mass is 9.83. The van der Waals surface area contributed by atoms with Gasteiger partial charge in [-0.05, 0) is 191 Å². The molecule has 9 aliphatic rings. The number of esters is 3. The largest absolute Gasteiger partial charge is 0.459 e. The molecular formula is C112H177N15O21. The monoisotopic (exact) mass is 2070 g/mol. The molecule has 0 aromatic heterocycles. The number of rotatable bonds is 44. The molecule has 1 aromatic carbocycles. The number of carbonyl (C=O) groups excluding carboxylic acids is 18. The predicted octanol–water partition coefficient (Wildman–Crippen LogP) is 11.7. The van der Waals surface area contributed by atoms with Gasteiger partial charge in [0.1, 0.15) is 72.2 Å². The van der Waals surface area contributed by atoms with Crippen LogP contribution in [0.3, 0.4) is 0 Å². The van der Waals surface area contributed by atoms with Crippen LogP contribution in [-0.2, 0) is 92.7 Å². The van der Waals surface area contributed by atoms with Crippen LogP contribution in [0.1, 0.15) is 312 Å². The van der Waals surface area contributed by atoms with Crippen LogP contribution in [0.4, 0.5) is 14.4 Å². The van der Waals surface area contributed by atoms with Crippen molar-refractivity contribution in [3.8, 4) is 0 Å². The first-order valence-electron chi connectivity index (χ1n) is 54.3. The number of nitrogens with one attached hydrogen (secondary N) is 12. The third kappa shape index (κ3) is 32.5. The molecular weight excluding hydrogens is 1890 g/mol. The Hall–Kier alpha value is -11.1. The molecule has 3 heterocycles. The van der Waals surface area contributed by atoms with Crippen molar-refractivity contribution < 1.29 is 101 Å². The Morgan fingerprint density at radius 1 is 0.385 bits per heavy atom. The Kier molecular flexibility index (Phi) is 43.8. The number of nitrogens with zero attached hydrogens (tertiary/aromatic N) is 3. The van der Waals surface area contributed by atoms with E-state index in [-0.39, 0.29) is 120 Å². The smallest absolute Gasteiger partial charge is 0.329 e. The van der Waals surface area contributed by atoms with Crippen LogP contribution >= 0.6 is 0 Å². The number of likely N-dealkylation sites (tertiary alicyclic amines) is 3. The normalized spacial score (nSPS) is 23.3. The van der Waals surface area contributed by atoms with Gasteiger partial charge >= 0.3 is 36.0 Å². The number of urea groups is 3. The van der Waals surface area contributed by atoms with Crippen molar-refractivity contribution >= 4 is 107 Å². The Morgan fingerprint density at radius 3 is 1.03 bits per heavy atom. The summed E-state index contributed by atoms with van der Waals surface area (Å²) in [6.45, 7) is 55.4. The molecule has 10 rings (SSSR count). The summed E-state index contributed by atoms with van der Waals surface area (Å²) in [6, 6.07) is -4.01. The zero-order valence-corrected chi connectivity index (χ0v) is 92.6. The van der Waals surface area contributed by atoms with Crippen molar-refractivity contribution in [3.63, 3.8) is 0 Å². The summed E-state index contributed by atoms with van der Waals surface area (Å²) < 4.78 is 16.8. The molecule has 1 aromatic rings. The first kappa shape index (κ1) is 122. The average molecular weight is 2070 g/mol. The summed E-state index contributed by atoms with van der Waals surface area (Å²) in [5.41, 5.74) is -2.69. The molecule has 3 saturated heterocycles. The highest BCUT2D eigenvalue weighted by molar-refractivity contribution is 6.39. The number of piperidine rings is 3. The van der Waals surface area contributed by atoms with Crippen LogP contribution in [0.5, 0.6) is 0 Å². The van der Waals surface area contributed by atoms with E-state index < -0.39 is 189 Å². The molecule has 9 fully saturated rings. The third-order valence-electron chi connectivity index (χ3n) is 31.4. The molecule has 826 valence electrons. The van der Waals surface area contributed by atoms with E-state index in [4.69, 9.17) is 14.2 Å². The molecule has 6 aliphatic carbocycles. The van der Waals surface area contributed by atoms with Gasteiger partial charge < -0.3 is 92.7 Å². The second kappa shape index (κ2) is 53.1. The lowest BCUT2D eigenvalue weighted by molar-refractivity contribution is -0.160. The van der Waals surface area contributed by atoms with E-state index in [1.165, 1.54) is 23.1 Å². The Bertz CT molecular complexity index is 4870. The molecule has 18 atom stereocenters. The van der Waals surface area contributed by atoms with E-state index in [0.29, 0.717) is 51.7 Å². The number of ketones is 3. The van der Waals surface area contributed by atoms with Gasteiger partial charge in [-0.1, -0.05) is 256 Å². The number of fused-ring (bicyclic) bond motifs is 3. The van der Waals surface area contributed by atoms with Crippen LogP contribution in [0.15, 0.2) is 68.3 Å². The number of ether oxygens (including phenoxy) is 3. The number of hydrogen-bond donors (Lipinski definition) is 12. The second-order valence-corrected chi connectivity index (χ2v) is 48.5. The Labute approximate surface area is 877 Å². The van der Waals surface area contributed by atoms with Gasteiger partial charge in [0.15, 0.2) is 0 Å². The van der Waals surface area contributed by atoms with Gasteiger partial charge in [0.05, 0.1) is 18.1 Å². The van der Waals surface area contributed by atoms with E-state index in [1.54, 1.807) is 51.3 Å². The lowest BCUT2D eigenvalue weighted by Gasteiger charge is -2.38. The van der Waals surface area contributed by atoms with E-state index in [2.05, 4.69) is 125 Å². The van der Waals surface area contributed by atoms with Gasteiger partial charge in [-0.2, -0.15) is 0 Å². The zero-order valence-electron chi connectivity index (χ0n) is 92.6. The summed E-state index contributed by atoms with van der Waals surface area (Å²) in [7, 11) is 0. The summed E-state index contributed by atoms with van der Waals surface area (Å²) >= 11 is 0. The van der Waals surface area contributed by atoms with E-state index in [0.717, 1.165) is 115 Å². The number of hydrogen-bond acceptors (Lipinski definition) is 21. The fraction of sp³-hybridized carbons (Fsp3) is 0.732. The van der Waals surface area contributed by atoms with Crippen LogP contribution in [0.25, 0.3) is 0 Å². The molecule has 0 radical (unpaired) electrons. The average Bonchev–Trinajstić information content (AvgIpc) is 1.53. The minimum atomic E-state index is -1.05. The number of unbranched alkanes of at least 4 members (excludes halogenated alkanes) is 2. The van der Waals surface area contributed by atoms with Crippen molar-refractivity contribution in [1.82, 2.24) is 78.5 Å². The van der Waals surface area contributed by atoms with Crippen molar-refractivity contribution in [2.45, 2.75) is 397 Å². The van der Waals surface area contributed by atoms with E-state index in [9.17, 15) is 86.3 Å². The van der Waals surface area contributed by atoms with Crippen molar-refractivity contribution in [2.24, 2.45) is 86.3 Å². The maximum atomic E-state index is 14.6. The molecule has 6 saturated carbocycles. The highest BCUT2D eigenvalue weighted by atomic mass is 16.6. The van der Waals surface area contributed by atoms with Crippen LogP contribution < -0.4 is 63.8 Å². The zero-order chi connectivity index (χ0) is 110. The quantitative estimate of drug-likeness (QED) is 0.0125.